The maximum Gasteiger partial charge on any atom is 0.254 e. The lowest BCUT2D eigenvalue weighted by Crippen LogP contribution is -2.45. The highest BCUT2D eigenvalue weighted by Crippen LogP contribution is 2.30. The second-order valence-corrected chi connectivity index (χ2v) is 9.55. The molecule has 1 atom stereocenters. The predicted molar refractivity (Wildman–Crippen MR) is 133 cm³/mol. The molecule has 3 aromatic rings. The molecule has 2 aromatic carbocycles. The van der Waals surface area contributed by atoms with Crippen LogP contribution in [-0.2, 0) is 4.79 Å². The molecule has 1 aromatic heterocycles. The molecule has 0 radical (unpaired) electrons. The van der Waals surface area contributed by atoms with Crippen LogP contribution in [0.3, 0.4) is 0 Å². The summed E-state index contributed by atoms with van der Waals surface area (Å²) in [4.78, 5) is 32.3. The monoisotopic (exact) mass is 459 g/mol. The molecule has 34 heavy (non-hydrogen) atoms. The van der Waals surface area contributed by atoms with Crippen LogP contribution < -0.4 is 5.32 Å². The summed E-state index contributed by atoms with van der Waals surface area (Å²) in [6, 6.07) is 15.6. The fraction of sp³-hybridized carbons (Fsp3) is 0.393. The van der Waals surface area contributed by atoms with Gasteiger partial charge in [-0.25, -0.2) is 4.98 Å². The van der Waals surface area contributed by atoms with Gasteiger partial charge in [0, 0.05) is 36.2 Å². The minimum atomic E-state index is -0.0555. The van der Waals surface area contributed by atoms with Crippen LogP contribution in [0.25, 0.3) is 22.8 Å². The maximum atomic E-state index is 13.4. The molecule has 1 saturated heterocycles. The number of benzene rings is 2. The molecule has 2 heterocycles. The van der Waals surface area contributed by atoms with Gasteiger partial charge in [-0.2, -0.15) is 0 Å². The van der Waals surface area contributed by atoms with Crippen LogP contribution in [-0.4, -0.2) is 40.8 Å². The van der Waals surface area contributed by atoms with Crippen LogP contribution in [0.5, 0.6) is 0 Å². The van der Waals surface area contributed by atoms with Crippen molar-refractivity contribution >= 4 is 11.8 Å². The smallest absolute Gasteiger partial charge is 0.254 e. The molecule has 0 saturated carbocycles. The number of piperidine rings is 1. The van der Waals surface area contributed by atoms with Crippen LogP contribution >= 0.6 is 0 Å². The van der Waals surface area contributed by atoms with Gasteiger partial charge in [-0.3, -0.25) is 9.59 Å². The van der Waals surface area contributed by atoms with E-state index in [4.69, 9.17) is 4.42 Å². The molecule has 2 amide bonds. The molecule has 0 spiro atoms. The lowest BCUT2D eigenvalue weighted by atomic mass is 9.94. The van der Waals surface area contributed by atoms with Crippen LogP contribution in [0.2, 0.25) is 0 Å². The number of nitrogens with zero attached hydrogens (tertiary/aromatic N) is 2. The summed E-state index contributed by atoms with van der Waals surface area (Å²) in [7, 11) is 0. The maximum absolute atomic E-state index is 13.4. The lowest BCUT2D eigenvalue weighted by molar-refractivity contribution is -0.127. The SMILES string of the molecule is Cc1ccc(-c2cnc(-c3ccccc3C(=O)N3CCC(C(=O)NC(C)C(C)C)CC3)o2)cc1. The Labute approximate surface area is 201 Å². The molecule has 1 aliphatic heterocycles. The van der Waals surface area contributed by atoms with E-state index in [1.54, 1.807) is 6.20 Å². The van der Waals surface area contributed by atoms with E-state index in [1.165, 1.54) is 5.56 Å². The number of likely N-dealkylation sites (tertiary alicyclic amines) is 1. The zero-order valence-corrected chi connectivity index (χ0v) is 20.4. The van der Waals surface area contributed by atoms with Crippen molar-refractivity contribution < 1.29 is 14.0 Å². The number of oxazole rings is 1. The molecular formula is C28H33N3O3. The summed E-state index contributed by atoms with van der Waals surface area (Å²) in [6.45, 7) is 9.38. The van der Waals surface area contributed by atoms with Crippen molar-refractivity contribution in [1.29, 1.82) is 0 Å². The molecular weight excluding hydrogens is 426 g/mol. The Morgan fingerprint density at radius 1 is 1.03 bits per heavy atom. The van der Waals surface area contributed by atoms with E-state index in [9.17, 15) is 9.59 Å². The Morgan fingerprint density at radius 3 is 2.38 bits per heavy atom. The van der Waals surface area contributed by atoms with E-state index < -0.39 is 0 Å². The van der Waals surface area contributed by atoms with Crippen molar-refractivity contribution in [2.75, 3.05) is 13.1 Å². The standard InChI is InChI=1S/C28H33N3O3/c1-18(2)20(4)30-26(32)22-13-15-31(16-14-22)28(33)24-8-6-5-7-23(24)27-29-17-25(34-27)21-11-9-19(3)10-12-21/h5-12,17-18,20,22H,13-16H2,1-4H3,(H,30,32). The molecule has 6 nitrogen and oxygen atoms in total. The second-order valence-electron chi connectivity index (χ2n) is 9.55. The first-order valence-corrected chi connectivity index (χ1v) is 12.1. The quantitative estimate of drug-likeness (QED) is 0.541. The van der Waals surface area contributed by atoms with E-state index in [0.29, 0.717) is 54.6 Å². The molecule has 1 aliphatic rings. The van der Waals surface area contributed by atoms with Crippen molar-refractivity contribution in [2.45, 2.75) is 46.6 Å². The van der Waals surface area contributed by atoms with E-state index in [-0.39, 0.29) is 23.8 Å². The number of aromatic nitrogens is 1. The summed E-state index contributed by atoms with van der Waals surface area (Å²) < 4.78 is 6.04. The number of rotatable bonds is 6. The Balaban J connectivity index is 1.46. The number of hydrogen-bond donors (Lipinski definition) is 1. The summed E-state index contributed by atoms with van der Waals surface area (Å²) in [5, 5.41) is 3.11. The number of carbonyl (C=O) groups excluding carboxylic acids is 2. The van der Waals surface area contributed by atoms with E-state index in [1.807, 2.05) is 67.3 Å². The number of carbonyl (C=O) groups is 2. The minimum absolute atomic E-state index is 0.0516. The largest absolute Gasteiger partial charge is 0.436 e. The zero-order chi connectivity index (χ0) is 24.2. The highest BCUT2D eigenvalue weighted by atomic mass is 16.4. The van der Waals surface area contributed by atoms with Crippen molar-refractivity contribution in [1.82, 2.24) is 15.2 Å². The van der Waals surface area contributed by atoms with Gasteiger partial charge in [0.2, 0.25) is 11.8 Å². The van der Waals surface area contributed by atoms with Gasteiger partial charge in [0.1, 0.15) is 0 Å². The molecule has 1 fully saturated rings. The third kappa shape index (κ3) is 5.22. The van der Waals surface area contributed by atoms with Gasteiger partial charge in [0.15, 0.2) is 5.76 Å². The van der Waals surface area contributed by atoms with Gasteiger partial charge in [-0.05, 0) is 44.7 Å². The summed E-state index contributed by atoms with van der Waals surface area (Å²) in [6.07, 6.45) is 3.03. The van der Waals surface area contributed by atoms with Crippen LogP contribution in [0.1, 0.15) is 49.5 Å². The molecule has 0 aliphatic carbocycles. The van der Waals surface area contributed by atoms with Crippen molar-refractivity contribution in [3.05, 3.63) is 65.9 Å². The minimum Gasteiger partial charge on any atom is -0.436 e. The van der Waals surface area contributed by atoms with Crippen molar-refractivity contribution in [3.63, 3.8) is 0 Å². The number of nitrogens with one attached hydrogen (secondary N) is 1. The normalized spacial score (nSPS) is 15.4. The molecule has 1 N–H and O–H groups in total. The highest BCUT2D eigenvalue weighted by Gasteiger charge is 2.30. The zero-order valence-electron chi connectivity index (χ0n) is 20.4. The predicted octanol–water partition coefficient (Wildman–Crippen LogP) is 5.33. The van der Waals surface area contributed by atoms with Crippen LogP contribution in [0.15, 0.2) is 59.1 Å². The van der Waals surface area contributed by atoms with E-state index in [0.717, 1.165) is 5.56 Å². The molecule has 1 unspecified atom stereocenters. The van der Waals surface area contributed by atoms with Gasteiger partial charge in [-0.15, -0.1) is 0 Å². The first-order chi connectivity index (χ1) is 16.3. The Bertz CT molecular complexity index is 1140. The Morgan fingerprint density at radius 2 is 1.71 bits per heavy atom. The fourth-order valence-electron chi connectivity index (χ4n) is 4.13. The number of amides is 2. The first-order valence-electron chi connectivity index (χ1n) is 12.1. The average molecular weight is 460 g/mol. The Hall–Kier alpha value is -3.41. The average Bonchev–Trinajstić information content (AvgIpc) is 3.34. The third-order valence-electron chi connectivity index (χ3n) is 6.75. The van der Waals surface area contributed by atoms with Gasteiger partial charge in [0.05, 0.1) is 11.8 Å². The molecule has 178 valence electrons. The van der Waals surface area contributed by atoms with Gasteiger partial charge < -0.3 is 14.6 Å². The second kappa shape index (κ2) is 10.2. The fourth-order valence-corrected chi connectivity index (χ4v) is 4.13. The van der Waals surface area contributed by atoms with Crippen molar-refractivity contribution in [2.24, 2.45) is 11.8 Å². The van der Waals surface area contributed by atoms with Crippen molar-refractivity contribution in [3.8, 4) is 22.8 Å². The Kier molecular flexibility index (Phi) is 7.15. The van der Waals surface area contributed by atoms with Crippen LogP contribution in [0.4, 0.5) is 0 Å². The summed E-state index contributed by atoms with van der Waals surface area (Å²) in [5.41, 5.74) is 3.36. The summed E-state index contributed by atoms with van der Waals surface area (Å²) >= 11 is 0. The molecule has 6 heteroatoms. The molecule has 0 bridgehead atoms. The first kappa shape index (κ1) is 23.7. The van der Waals surface area contributed by atoms with Crippen LogP contribution in [0, 0.1) is 18.8 Å². The molecule has 4 rings (SSSR count). The number of hydrogen-bond acceptors (Lipinski definition) is 4. The summed E-state index contributed by atoms with van der Waals surface area (Å²) in [5.74, 6) is 1.47. The topological polar surface area (TPSA) is 75.4 Å². The lowest BCUT2D eigenvalue weighted by Gasteiger charge is -2.32. The third-order valence-corrected chi connectivity index (χ3v) is 6.75. The highest BCUT2D eigenvalue weighted by molar-refractivity contribution is 6.00. The van der Waals surface area contributed by atoms with Gasteiger partial charge >= 0.3 is 0 Å². The van der Waals surface area contributed by atoms with Gasteiger partial charge in [0.25, 0.3) is 5.91 Å². The number of aryl methyl sites for hydroxylation is 1. The van der Waals surface area contributed by atoms with E-state index in [2.05, 4.69) is 24.1 Å². The van der Waals surface area contributed by atoms with E-state index >= 15 is 0 Å². The van der Waals surface area contributed by atoms with Gasteiger partial charge in [-0.1, -0.05) is 55.8 Å².